The van der Waals surface area contributed by atoms with Crippen LogP contribution in [-0.4, -0.2) is 44.0 Å². The molecule has 0 bridgehead atoms. The molecule has 0 aliphatic heterocycles. The Morgan fingerprint density at radius 1 is 0.500 bits per heavy atom. The Kier molecular flexibility index (Phi) is 25.1. The SMILES string of the molecule is O=P(O)(Cl)OF.O=P(O)(O)Cl.O=P(O)(O)Cl.O=P(O)(O)Cl.O=P(O)(O)Cl. The second-order valence-electron chi connectivity index (χ2n) is 2.41. The van der Waals surface area contributed by atoms with E-state index in [2.05, 4.69) is 60.9 Å². The van der Waals surface area contributed by atoms with E-state index in [0.29, 0.717) is 0 Å². The van der Waals surface area contributed by atoms with Gasteiger partial charge in [0.2, 0.25) is 0 Å². The maximum Gasteiger partial charge on any atom is 0.452 e. The van der Waals surface area contributed by atoms with Crippen LogP contribution in [0.4, 0.5) is 4.53 Å². The summed E-state index contributed by atoms with van der Waals surface area (Å²) in [6.07, 6.45) is 0. The predicted octanol–water partition coefficient (Wildman–Crippen LogP) is 2.50. The fraction of sp³-hybridized carbons (Fsp3) is 0. The highest BCUT2D eigenvalue weighted by Gasteiger charge is 2.12. The third-order valence-corrected chi connectivity index (χ3v) is 0.412. The van der Waals surface area contributed by atoms with Crippen molar-refractivity contribution in [2.24, 2.45) is 0 Å². The summed E-state index contributed by atoms with van der Waals surface area (Å²) in [4.78, 5) is 66.7. The molecular weight excluding hydrogens is 591 g/mol. The van der Waals surface area contributed by atoms with Crippen molar-refractivity contribution in [2.75, 3.05) is 0 Å². The molecule has 0 saturated heterocycles. The first kappa shape index (κ1) is 38.7. The molecule has 1 atom stereocenters. The van der Waals surface area contributed by atoms with Crippen LogP contribution in [0.15, 0.2) is 0 Å². The minimum atomic E-state index is -4.34. The first-order chi connectivity index (χ1) is 10.6. The lowest BCUT2D eigenvalue weighted by molar-refractivity contribution is -0.0128. The smallest absolute Gasteiger partial charge is 0.313 e. The van der Waals surface area contributed by atoms with Gasteiger partial charge in [-0.25, -0.2) is 22.8 Å². The molecule has 0 aliphatic rings. The predicted molar refractivity (Wildman–Crippen MR) is 89.5 cm³/mol. The van der Waals surface area contributed by atoms with E-state index in [1.807, 2.05) is 0 Å². The van der Waals surface area contributed by atoms with Gasteiger partial charge < -0.3 is 44.0 Å². The van der Waals surface area contributed by atoms with Gasteiger partial charge in [0.1, 0.15) is 0 Å². The van der Waals surface area contributed by atoms with Crippen LogP contribution in [0.3, 0.4) is 0 Å². The van der Waals surface area contributed by atoms with E-state index in [4.69, 9.17) is 62.3 Å². The van der Waals surface area contributed by atoms with Gasteiger partial charge in [-0.05, 0) is 4.53 Å². The zero-order valence-electron chi connectivity index (χ0n) is 11.0. The number of rotatable bonds is 1. The second-order valence-corrected chi connectivity index (χ2v) is 13.8. The standard InChI is InChI=1S/ClFHO3P.4ClH2O3P/c1-6(3,4)5-2;4*1-5(2,3)4/h(H,3,4);4*(H2,2,3,4). The highest BCUT2D eigenvalue weighted by atomic mass is 35.7. The summed E-state index contributed by atoms with van der Waals surface area (Å²) in [5.41, 5.74) is 0. The molecule has 0 aromatic heterocycles. The van der Waals surface area contributed by atoms with Crippen molar-refractivity contribution in [1.82, 2.24) is 0 Å². The van der Waals surface area contributed by atoms with Crippen molar-refractivity contribution in [3.63, 3.8) is 0 Å². The summed E-state index contributed by atoms with van der Waals surface area (Å²) >= 11 is 21.0. The van der Waals surface area contributed by atoms with Gasteiger partial charge in [-0.2, -0.15) is 0 Å². The first-order valence-electron chi connectivity index (χ1n) is 3.89. The van der Waals surface area contributed by atoms with E-state index in [0.717, 1.165) is 0 Å². The van der Waals surface area contributed by atoms with Crippen LogP contribution in [-0.2, 0) is 27.6 Å². The summed E-state index contributed by atoms with van der Waals surface area (Å²) < 4.78 is 58.3. The highest BCUT2D eigenvalue weighted by molar-refractivity contribution is 7.81. The van der Waals surface area contributed by atoms with Gasteiger partial charge in [0.25, 0.3) is 0 Å². The molecule has 0 aromatic rings. The molecule has 0 spiro atoms. The van der Waals surface area contributed by atoms with E-state index in [-0.39, 0.29) is 0 Å². The molecule has 1 unspecified atom stereocenters. The molecule has 9 N–H and O–H groups in total. The van der Waals surface area contributed by atoms with Gasteiger partial charge in [-0.1, -0.05) is 4.73 Å². The summed E-state index contributed by atoms with van der Waals surface area (Å²) in [5.74, 6) is 0. The average molecular weight is 600 g/mol. The van der Waals surface area contributed by atoms with Gasteiger partial charge in [-0.3, -0.25) is 0 Å². The van der Waals surface area contributed by atoms with E-state index in [1.54, 1.807) is 0 Å². The Hall–Kier alpha value is 2.13. The lowest BCUT2D eigenvalue weighted by Gasteiger charge is -1.86. The number of hydrogen-bond acceptors (Lipinski definition) is 6. The van der Waals surface area contributed by atoms with E-state index >= 15 is 0 Å². The molecule has 26 heavy (non-hydrogen) atoms. The number of halogens is 6. The van der Waals surface area contributed by atoms with E-state index < -0.39 is 34.7 Å². The Bertz CT molecular complexity index is 446. The summed E-state index contributed by atoms with van der Waals surface area (Å²) in [7, 11) is 0. The fourth-order valence-corrected chi connectivity index (χ4v) is 0. The molecule has 0 aliphatic carbocycles. The molecule has 0 rings (SSSR count). The van der Waals surface area contributed by atoms with Gasteiger partial charge in [0.15, 0.2) is 0 Å². The summed E-state index contributed by atoms with van der Waals surface area (Å²) in [6, 6.07) is 0. The van der Waals surface area contributed by atoms with Gasteiger partial charge >= 0.3 is 34.7 Å². The number of hydrogen-bond donors (Lipinski definition) is 9. The van der Waals surface area contributed by atoms with Crippen LogP contribution < -0.4 is 0 Å². The van der Waals surface area contributed by atoms with E-state index in [9.17, 15) is 9.09 Å². The third-order valence-electron chi connectivity index (χ3n) is 0.0851. The Morgan fingerprint density at radius 3 is 0.538 bits per heavy atom. The molecule has 26 heteroatoms. The maximum absolute atomic E-state index is 10.4. The van der Waals surface area contributed by atoms with Crippen LogP contribution in [0.25, 0.3) is 0 Å². The zero-order valence-corrected chi connectivity index (χ0v) is 19.2. The normalized spacial score (nSPS) is 13.7. The molecule has 0 heterocycles. The van der Waals surface area contributed by atoms with Gasteiger partial charge in [-0.15, -0.1) is 0 Å². The van der Waals surface area contributed by atoms with Crippen molar-refractivity contribution in [3.05, 3.63) is 0 Å². The molecule has 15 nitrogen and oxygen atoms in total. The second kappa shape index (κ2) is 16.9. The van der Waals surface area contributed by atoms with Gasteiger partial charge in [0, 0.05) is 56.2 Å². The largest absolute Gasteiger partial charge is 0.452 e. The highest BCUT2D eigenvalue weighted by Crippen LogP contribution is 2.47. The Labute approximate surface area is 167 Å². The summed E-state index contributed by atoms with van der Waals surface area (Å²) in [6.45, 7) is -21.0. The van der Waals surface area contributed by atoms with Crippen LogP contribution in [0.1, 0.15) is 0 Å². The van der Waals surface area contributed by atoms with Crippen molar-refractivity contribution < 1.29 is 76.1 Å². The molecular formula is H9Cl5FO15P5. The quantitative estimate of drug-likeness (QED) is 0.196. The van der Waals surface area contributed by atoms with Crippen LogP contribution in [0, 0.1) is 0 Å². The molecule has 0 fully saturated rings. The maximum atomic E-state index is 10.4. The minimum absolute atomic E-state index is 2.31. The Morgan fingerprint density at radius 2 is 0.538 bits per heavy atom. The fourth-order valence-electron chi connectivity index (χ4n) is 0. The van der Waals surface area contributed by atoms with Crippen LogP contribution >= 0.6 is 90.9 Å². The molecule has 0 saturated carbocycles. The summed E-state index contributed by atoms with van der Waals surface area (Å²) in [5, 5.41) is 0. The van der Waals surface area contributed by atoms with Crippen LogP contribution in [0.2, 0.25) is 0 Å². The van der Waals surface area contributed by atoms with Crippen molar-refractivity contribution in [1.29, 1.82) is 0 Å². The van der Waals surface area contributed by atoms with Crippen molar-refractivity contribution in [3.8, 4) is 0 Å². The topological polar surface area (TPSA) is 277 Å². The van der Waals surface area contributed by atoms with E-state index in [1.165, 1.54) is 0 Å². The zero-order chi connectivity index (χ0) is 23.2. The van der Waals surface area contributed by atoms with Crippen molar-refractivity contribution >= 4 is 90.9 Å². The third kappa shape index (κ3) is 627. The molecule has 166 valence electrons. The lowest BCUT2D eigenvalue weighted by Crippen LogP contribution is -1.61. The lowest BCUT2D eigenvalue weighted by atomic mass is 15.6. The van der Waals surface area contributed by atoms with Crippen molar-refractivity contribution in [2.45, 2.75) is 0 Å². The molecule has 0 aromatic carbocycles. The molecule has 0 radical (unpaired) electrons. The Balaban J connectivity index is -0.0000000708. The minimum Gasteiger partial charge on any atom is -0.313 e. The van der Waals surface area contributed by atoms with Gasteiger partial charge in [0.05, 0.1) is 0 Å². The monoisotopic (exact) mass is 598 g/mol. The van der Waals surface area contributed by atoms with Crippen LogP contribution in [0.5, 0.6) is 0 Å². The molecule has 0 amide bonds. The average Bonchev–Trinajstić information content (AvgIpc) is 2.04. The first-order valence-corrected chi connectivity index (χ1v) is 16.4.